The number of Topliss-reactive ketones (excluding diaryl/α,β-unsaturated/α-hetero) is 1. The van der Waals surface area contributed by atoms with Crippen molar-refractivity contribution in [1.82, 2.24) is 0 Å². The average molecular weight is 279 g/mol. The first-order valence-corrected chi connectivity index (χ1v) is 6.77. The highest BCUT2D eigenvalue weighted by atomic mass is 16.5. The fourth-order valence-corrected chi connectivity index (χ4v) is 2.24. The van der Waals surface area contributed by atoms with Crippen molar-refractivity contribution >= 4 is 5.78 Å². The van der Waals surface area contributed by atoms with Crippen LogP contribution in [0.2, 0.25) is 0 Å². The van der Waals surface area contributed by atoms with Crippen LogP contribution in [-0.2, 0) is 0 Å². The van der Waals surface area contributed by atoms with Crippen LogP contribution in [0.25, 0.3) is 0 Å². The summed E-state index contributed by atoms with van der Waals surface area (Å²) >= 11 is 0. The number of rotatable bonds is 6. The summed E-state index contributed by atoms with van der Waals surface area (Å²) in [5, 5.41) is 0. The Bertz CT molecular complexity index is 463. The van der Waals surface area contributed by atoms with Crippen LogP contribution in [0.1, 0.15) is 44.0 Å². The molecule has 0 spiro atoms. The number of ketones is 1. The molecule has 1 atom stereocenters. The minimum atomic E-state index is -0.154. The summed E-state index contributed by atoms with van der Waals surface area (Å²) in [7, 11) is 3.12. The summed E-state index contributed by atoms with van der Waals surface area (Å²) in [5.74, 6) is 1.18. The molecule has 0 aliphatic rings. The van der Waals surface area contributed by atoms with Crippen LogP contribution in [0.3, 0.4) is 0 Å². The number of hydrogen-bond acceptors (Lipinski definition) is 4. The fraction of sp³-hybridized carbons (Fsp3) is 0.562. The standard InChI is InChI=1S/C16H25NO3/c1-16(2,3)10-11(17)8-14(18)13-9-12(19-4)6-7-15(13)20-5/h6-7,9,11H,8,10,17H2,1-5H3. The van der Waals surface area contributed by atoms with Crippen LogP contribution >= 0.6 is 0 Å². The molecular weight excluding hydrogens is 254 g/mol. The van der Waals surface area contributed by atoms with Crippen molar-refractivity contribution in [1.29, 1.82) is 0 Å². The second-order valence-electron chi connectivity index (χ2n) is 6.22. The van der Waals surface area contributed by atoms with E-state index in [1.165, 1.54) is 0 Å². The second kappa shape index (κ2) is 6.75. The number of carbonyl (C=O) groups excluding carboxylic acids is 1. The Kier molecular flexibility index (Phi) is 5.57. The van der Waals surface area contributed by atoms with Crippen LogP contribution in [0.15, 0.2) is 18.2 Å². The molecule has 0 fully saturated rings. The van der Waals surface area contributed by atoms with E-state index in [4.69, 9.17) is 15.2 Å². The van der Waals surface area contributed by atoms with Gasteiger partial charge in [0.2, 0.25) is 0 Å². The lowest BCUT2D eigenvalue weighted by atomic mass is 9.86. The predicted octanol–water partition coefficient (Wildman–Crippen LogP) is 3.04. The van der Waals surface area contributed by atoms with E-state index in [1.54, 1.807) is 32.4 Å². The maximum Gasteiger partial charge on any atom is 0.168 e. The van der Waals surface area contributed by atoms with Crippen LogP contribution in [-0.4, -0.2) is 26.0 Å². The van der Waals surface area contributed by atoms with Crippen molar-refractivity contribution in [2.45, 2.75) is 39.7 Å². The Hall–Kier alpha value is -1.55. The van der Waals surface area contributed by atoms with Gasteiger partial charge in [0.15, 0.2) is 5.78 Å². The van der Waals surface area contributed by atoms with Crippen LogP contribution in [0, 0.1) is 5.41 Å². The van der Waals surface area contributed by atoms with Gasteiger partial charge in [0, 0.05) is 12.5 Å². The van der Waals surface area contributed by atoms with E-state index in [0.29, 0.717) is 23.5 Å². The largest absolute Gasteiger partial charge is 0.497 e. The van der Waals surface area contributed by atoms with Gasteiger partial charge in [-0.3, -0.25) is 4.79 Å². The van der Waals surface area contributed by atoms with Gasteiger partial charge in [-0.1, -0.05) is 20.8 Å². The number of hydrogen-bond donors (Lipinski definition) is 1. The number of methoxy groups -OCH3 is 2. The number of benzene rings is 1. The van der Waals surface area contributed by atoms with E-state index in [9.17, 15) is 4.79 Å². The third kappa shape index (κ3) is 4.85. The number of nitrogens with two attached hydrogens (primary N) is 1. The minimum Gasteiger partial charge on any atom is -0.497 e. The highest BCUT2D eigenvalue weighted by Gasteiger charge is 2.21. The van der Waals surface area contributed by atoms with Crippen molar-refractivity contribution in [2.75, 3.05) is 14.2 Å². The number of ether oxygens (including phenoxy) is 2. The van der Waals surface area contributed by atoms with Crippen LogP contribution < -0.4 is 15.2 Å². The molecule has 0 heterocycles. The average Bonchev–Trinajstić information content (AvgIpc) is 2.35. The first kappa shape index (κ1) is 16.5. The van der Waals surface area contributed by atoms with Crippen molar-refractivity contribution in [2.24, 2.45) is 11.1 Å². The van der Waals surface area contributed by atoms with E-state index in [2.05, 4.69) is 20.8 Å². The van der Waals surface area contributed by atoms with Crippen molar-refractivity contribution in [3.05, 3.63) is 23.8 Å². The molecule has 112 valence electrons. The maximum absolute atomic E-state index is 12.4. The third-order valence-corrected chi connectivity index (χ3v) is 3.03. The third-order valence-electron chi connectivity index (χ3n) is 3.03. The Labute approximate surface area is 121 Å². The van der Waals surface area contributed by atoms with Crippen LogP contribution in [0.4, 0.5) is 0 Å². The summed E-state index contributed by atoms with van der Waals surface area (Å²) in [6, 6.07) is 5.05. The molecular formula is C16H25NO3. The Morgan fingerprint density at radius 3 is 2.40 bits per heavy atom. The van der Waals surface area contributed by atoms with Crippen molar-refractivity contribution in [3.8, 4) is 11.5 Å². The summed E-state index contributed by atoms with van der Waals surface area (Å²) in [6.45, 7) is 6.34. The van der Waals surface area contributed by atoms with Gasteiger partial charge in [0.1, 0.15) is 11.5 Å². The molecule has 1 unspecified atom stereocenters. The van der Waals surface area contributed by atoms with E-state index in [0.717, 1.165) is 6.42 Å². The van der Waals surface area contributed by atoms with Gasteiger partial charge in [-0.05, 0) is 30.0 Å². The normalized spacial score (nSPS) is 12.9. The SMILES string of the molecule is COc1ccc(OC)c(C(=O)CC(N)CC(C)(C)C)c1. The van der Waals surface area contributed by atoms with E-state index >= 15 is 0 Å². The zero-order valence-corrected chi connectivity index (χ0v) is 13.0. The molecule has 20 heavy (non-hydrogen) atoms. The molecule has 0 aliphatic heterocycles. The molecule has 1 aromatic carbocycles. The Morgan fingerprint density at radius 1 is 1.25 bits per heavy atom. The van der Waals surface area contributed by atoms with Gasteiger partial charge in [0.05, 0.1) is 19.8 Å². The maximum atomic E-state index is 12.4. The van der Waals surface area contributed by atoms with Gasteiger partial charge >= 0.3 is 0 Å². The lowest BCUT2D eigenvalue weighted by Crippen LogP contribution is -2.29. The molecule has 1 aromatic rings. The molecule has 0 amide bonds. The van der Waals surface area contributed by atoms with Crippen molar-refractivity contribution in [3.63, 3.8) is 0 Å². The summed E-state index contributed by atoms with van der Waals surface area (Å²) in [6.07, 6.45) is 1.10. The fourth-order valence-electron chi connectivity index (χ4n) is 2.24. The Morgan fingerprint density at radius 2 is 1.90 bits per heavy atom. The predicted molar refractivity (Wildman–Crippen MR) is 80.5 cm³/mol. The zero-order chi connectivity index (χ0) is 15.3. The molecule has 0 bridgehead atoms. The highest BCUT2D eigenvalue weighted by Crippen LogP contribution is 2.27. The van der Waals surface area contributed by atoms with Crippen LogP contribution in [0.5, 0.6) is 11.5 Å². The first-order chi connectivity index (χ1) is 9.26. The van der Waals surface area contributed by atoms with Gasteiger partial charge < -0.3 is 15.2 Å². The second-order valence-corrected chi connectivity index (χ2v) is 6.22. The van der Waals surface area contributed by atoms with E-state index in [1.807, 2.05) is 0 Å². The molecule has 0 radical (unpaired) electrons. The minimum absolute atomic E-state index is 0.0162. The first-order valence-electron chi connectivity index (χ1n) is 6.77. The molecule has 0 aromatic heterocycles. The number of carbonyl (C=O) groups is 1. The smallest absolute Gasteiger partial charge is 0.168 e. The summed E-state index contributed by atoms with van der Waals surface area (Å²) < 4.78 is 10.4. The Balaban J connectivity index is 2.86. The molecule has 0 aliphatic carbocycles. The molecule has 0 saturated heterocycles. The summed E-state index contributed by atoms with van der Waals surface area (Å²) in [4.78, 5) is 12.4. The molecule has 4 heteroatoms. The highest BCUT2D eigenvalue weighted by molar-refractivity contribution is 5.99. The van der Waals surface area contributed by atoms with Gasteiger partial charge in [-0.25, -0.2) is 0 Å². The lowest BCUT2D eigenvalue weighted by molar-refractivity contribution is 0.0965. The van der Waals surface area contributed by atoms with Gasteiger partial charge in [-0.15, -0.1) is 0 Å². The quantitative estimate of drug-likeness (QED) is 0.813. The monoisotopic (exact) mass is 279 g/mol. The molecule has 2 N–H and O–H groups in total. The van der Waals surface area contributed by atoms with Gasteiger partial charge in [0.25, 0.3) is 0 Å². The van der Waals surface area contributed by atoms with E-state index in [-0.39, 0.29) is 17.2 Å². The molecule has 4 nitrogen and oxygen atoms in total. The topological polar surface area (TPSA) is 61.5 Å². The summed E-state index contributed by atoms with van der Waals surface area (Å²) in [5.41, 5.74) is 6.70. The zero-order valence-electron chi connectivity index (χ0n) is 13.0. The molecule has 1 rings (SSSR count). The van der Waals surface area contributed by atoms with Crippen molar-refractivity contribution < 1.29 is 14.3 Å². The van der Waals surface area contributed by atoms with Gasteiger partial charge in [-0.2, -0.15) is 0 Å². The molecule has 0 saturated carbocycles. The van der Waals surface area contributed by atoms with E-state index < -0.39 is 0 Å². The lowest BCUT2D eigenvalue weighted by Gasteiger charge is -2.22.